The predicted octanol–water partition coefficient (Wildman–Crippen LogP) is 0.961. The lowest BCUT2D eigenvalue weighted by Gasteiger charge is -2.33. The Balaban J connectivity index is 1.89. The van der Waals surface area contributed by atoms with Gasteiger partial charge in [-0.05, 0) is 66.8 Å². The first-order valence-electron chi connectivity index (χ1n) is 10.7. The number of pyridine rings is 1. The molecule has 8 heteroatoms. The van der Waals surface area contributed by atoms with E-state index in [1.165, 1.54) is 10.5 Å². The van der Waals surface area contributed by atoms with Crippen molar-refractivity contribution in [3.8, 4) is 0 Å². The highest BCUT2D eigenvalue weighted by molar-refractivity contribution is 5.79. The van der Waals surface area contributed by atoms with Gasteiger partial charge in [0.25, 0.3) is 5.56 Å². The van der Waals surface area contributed by atoms with Gasteiger partial charge in [-0.1, -0.05) is 13.0 Å². The normalized spacial score (nSPS) is 21.1. The number of aromatic nitrogens is 5. The Bertz CT molecular complexity index is 1090. The minimum atomic E-state index is -0.315. The minimum absolute atomic E-state index is 0.112. The van der Waals surface area contributed by atoms with Gasteiger partial charge in [0.2, 0.25) is 5.82 Å². The Morgan fingerprint density at radius 1 is 1.27 bits per heavy atom. The number of H-pyrrole nitrogens is 1. The average molecular weight is 412 g/mol. The standard InChI is InChI=1S/C22H30N6O2/c1-5-14-6-7-18-15(12-14)13-17(21(30)23-18)19(27-10-8-16(29)9-11-27)20-24-25-26-28(20)22(2,3)4/h6-7,12-13,16,19,29H,5,8-11H2,1-4H3,(H,23,30)/p+1/t19-/m0/s1. The van der Waals surface area contributed by atoms with Gasteiger partial charge in [-0.3, -0.25) is 4.79 Å². The molecular formula is C22H31N6O2+. The lowest BCUT2D eigenvalue weighted by molar-refractivity contribution is -0.932. The average Bonchev–Trinajstić information content (AvgIpc) is 3.19. The van der Waals surface area contributed by atoms with E-state index in [4.69, 9.17) is 0 Å². The third kappa shape index (κ3) is 3.89. The highest BCUT2D eigenvalue weighted by Gasteiger charge is 2.38. The largest absolute Gasteiger partial charge is 0.393 e. The molecule has 4 rings (SSSR count). The second-order valence-electron chi connectivity index (χ2n) is 9.27. The van der Waals surface area contributed by atoms with Gasteiger partial charge in [-0.25, -0.2) is 4.68 Å². The van der Waals surface area contributed by atoms with Gasteiger partial charge in [0.05, 0.1) is 30.3 Å². The molecule has 2 aromatic heterocycles. The van der Waals surface area contributed by atoms with Crippen LogP contribution >= 0.6 is 0 Å². The van der Waals surface area contributed by atoms with Crippen LogP contribution in [0.1, 0.15) is 63.5 Å². The molecule has 1 aliphatic rings. The van der Waals surface area contributed by atoms with E-state index in [2.05, 4.69) is 54.3 Å². The van der Waals surface area contributed by atoms with Crippen LogP contribution in [0, 0.1) is 0 Å². The van der Waals surface area contributed by atoms with E-state index in [1.807, 2.05) is 22.9 Å². The highest BCUT2D eigenvalue weighted by atomic mass is 16.3. The van der Waals surface area contributed by atoms with Gasteiger partial charge in [0.1, 0.15) is 0 Å². The number of hydrogen-bond donors (Lipinski definition) is 3. The zero-order valence-corrected chi connectivity index (χ0v) is 18.1. The molecule has 3 aromatic rings. The number of rotatable bonds is 4. The summed E-state index contributed by atoms with van der Waals surface area (Å²) in [5.41, 5.74) is 2.30. The number of tetrazole rings is 1. The number of likely N-dealkylation sites (tertiary alicyclic amines) is 1. The molecule has 0 amide bonds. The molecule has 1 aromatic carbocycles. The zero-order valence-electron chi connectivity index (χ0n) is 18.1. The number of aromatic amines is 1. The van der Waals surface area contributed by atoms with Crippen molar-refractivity contribution in [2.24, 2.45) is 0 Å². The highest BCUT2D eigenvalue weighted by Crippen LogP contribution is 2.23. The van der Waals surface area contributed by atoms with E-state index in [9.17, 15) is 9.90 Å². The summed E-state index contributed by atoms with van der Waals surface area (Å²) in [6, 6.07) is 7.85. The lowest BCUT2D eigenvalue weighted by Crippen LogP contribution is -3.14. The molecule has 8 nitrogen and oxygen atoms in total. The van der Waals surface area contributed by atoms with Crippen molar-refractivity contribution in [2.75, 3.05) is 13.1 Å². The maximum atomic E-state index is 13.2. The van der Waals surface area contributed by atoms with E-state index in [1.54, 1.807) is 0 Å². The summed E-state index contributed by atoms with van der Waals surface area (Å²) in [6.07, 6.45) is 2.06. The number of benzene rings is 1. The Hall–Kier alpha value is -2.58. The van der Waals surface area contributed by atoms with Crippen LogP contribution in [0.4, 0.5) is 0 Å². The van der Waals surface area contributed by atoms with Gasteiger partial charge in [0, 0.05) is 18.4 Å². The molecule has 0 saturated carbocycles. The number of aliphatic hydroxyl groups is 1. The zero-order chi connectivity index (χ0) is 21.5. The van der Waals surface area contributed by atoms with Crippen LogP contribution in [0.2, 0.25) is 0 Å². The molecule has 0 bridgehead atoms. The van der Waals surface area contributed by atoms with E-state index < -0.39 is 0 Å². The molecule has 1 aliphatic heterocycles. The van der Waals surface area contributed by atoms with Gasteiger partial charge in [-0.15, -0.1) is 5.10 Å². The molecule has 30 heavy (non-hydrogen) atoms. The lowest BCUT2D eigenvalue weighted by atomic mass is 9.98. The summed E-state index contributed by atoms with van der Waals surface area (Å²) in [5.74, 6) is 0.686. The number of piperidine rings is 1. The molecule has 1 atom stereocenters. The summed E-state index contributed by atoms with van der Waals surface area (Å²) in [6.45, 7) is 9.80. The van der Waals surface area contributed by atoms with Crippen LogP contribution in [0.15, 0.2) is 29.1 Å². The van der Waals surface area contributed by atoms with E-state index in [0.717, 1.165) is 30.4 Å². The molecule has 0 unspecified atom stereocenters. The quantitative estimate of drug-likeness (QED) is 0.594. The van der Waals surface area contributed by atoms with Crippen molar-refractivity contribution in [1.29, 1.82) is 0 Å². The fraction of sp³-hybridized carbons (Fsp3) is 0.545. The molecule has 0 radical (unpaired) electrons. The van der Waals surface area contributed by atoms with Crippen LogP contribution < -0.4 is 10.5 Å². The molecule has 0 aliphatic carbocycles. The maximum absolute atomic E-state index is 13.2. The summed E-state index contributed by atoms with van der Waals surface area (Å²) in [7, 11) is 0. The van der Waals surface area contributed by atoms with Crippen molar-refractivity contribution in [3.05, 3.63) is 51.6 Å². The summed E-state index contributed by atoms with van der Waals surface area (Å²) < 4.78 is 1.82. The number of nitrogens with zero attached hydrogens (tertiary/aromatic N) is 4. The number of aliphatic hydroxyl groups excluding tert-OH is 1. The first-order valence-corrected chi connectivity index (χ1v) is 10.7. The number of nitrogens with one attached hydrogen (secondary N) is 2. The number of hydrogen-bond acceptors (Lipinski definition) is 5. The van der Waals surface area contributed by atoms with Gasteiger partial charge >= 0.3 is 0 Å². The monoisotopic (exact) mass is 411 g/mol. The number of aryl methyl sites for hydroxylation is 1. The van der Waals surface area contributed by atoms with Gasteiger partial charge in [-0.2, -0.15) is 0 Å². The van der Waals surface area contributed by atoms with Crippen molar-refractivity contribution in [3.63, 3.8) is 0 Å². The summed E-state index contributed by atoms with van der Waals surface area (Å²) >= 11 is 0. The van der Waals surface area contributed by atoms with Crippen LogP contribution in [0.3, 0.4) is 0 Å². The molecule has 160 valence electrons. The van der Waals surface area contributed by atoms with Crippen molar-refractivity contribution >= 4 is 10.9 Å². The van der Waals surface area contributed by atoms with E-state index in [0.29, 0.717) is 24.2 Å². The predicted molar refractivity (Wildman–Crippen MR) is 115 cm³/mol. The first-order chi connectivity index (χ1) is 14.3. The Labute approximate surface area is 175 Å². The second kappa shape index (κ2) is 7.92. The number of fused-ring (bicyclic) bond motifs is 1. The first kappa shape index (κ1) is 20.7. The Kier molecular flexibility index (Phi) is 5.46. The molecule has 1 fully saturated rings. The SMILES string of the molecule is CCc1ccc2[nH]c(=O)c([C@@H](c3nnnn3C(C)(C)C)[NH+]3CCC(O)CC3)cc2c1. The van der Waals surface area contributed by atoms with E-state index >= 15 is 0 Å². The smallest absolute Gasteiger partial charge is 0.258 e. The summed E-state index contributed by atoms with van der Waals surface area (Å²) in [5, 5.41) is 23.6. The molecule has 0 spiro atoms. The van der Waals surface area contributed by atoms with Crippen molar-refractivity contribution < 1.29 is 10.0 Å². The Morgan fingerprint density at radius 3 is 2.67 bits per heavy atom. The van der Waals surface area contributed by atoms with Crippen molar-refractivity contribution in [2.45, 2.75) is 64.6 Å². The molecular weight excluding hydrogens is 380 g/mol. The van der Waals surface area contributed by atoms with Crippen LogP contribution in [-0.2, 0) is 12.0 Å². The van der Waals surface area contributed by atoms with Gasteiger partial charge < -0.3 is 15.0 Å². The maximum Gasteiger partial charge on any atom is 0.258 e. The van der Waals surface area contributed by atoms with Crippen LogP contribution in [0.5, 0.6) is 0 Å². The second-order valence-corrected chi connectivity index (χ2v) is 9.27. The molecule has 3 N–H and O–H groups in total. The molecule has 1 saturated heterocycles. The third-order valence-corrected chi connectivity index (χ3v) is 6.05. The van der Waals surface area contributed by atoms with Crippen LogP contribution in [0.25, 0.3) is 10.9 Å². The fourth-order valence-electron chi connectivity index (χ4n) is 4.36. The fourth-order valence-corrected chi connectivity index (χ4v) is 4.36. The van der Waals surface area contributed by atoms with Crippen LogP contribution in [-0.4, -0.2) is 49.5 Å². The molecule has 3 heterocycles. The van der Waals surface area contributed by atoms with E-state index in [-0.39, 0.29) is 23.2 Å². The topological polar surface area (TPSA) is 101 Å². The third-order valence-electron chi connectivity index (χ3n) is 6.05. The van der Waals surface area contributed by atoms with Crippen molar-refractivity contribution in [1.82, 2.24) is 25.2 Å². The number of quaternary nitrogens is 1. The minimum Gasteiger partial charge on any atom is -0.393 e. The Morgan fingerprint density at radius 2 is 2.00 bits per heavy atom. The summed E-state index contributed by atoms with van der Waals surface area (Å²) in [4.78, 5) is 17.5. The van der Waals surface area contributed by atoms with Gasteiger partial charge in [0.15, 0.2) is 6.04 Å².